The van der Waals surface area contributed by atoms with Crippen LogP contribution in [0.5, 0.6) is 0 Å². The summed E-state index contributed by atoms with van der Waals surface area (Å²) in [7, 11) is 0. The predicted molar refractivity (Wildman–Crippen MR) is 295 cm³/mol. The molecule has 2 N–H and O–H groups in total. The second-order valence-electron chi connectivity index (χ2n) is 18.6. The first-order chi connectivity index (χ1) is 34.0. The van der Waals surface area contributed by atoms with Gasteiger partial charge in [-0.3, -0.25) is 9.59 Å². The van der Waals surface area contributed by atoms with Gasteiger partial charge in [-0.1, -0.05) is 158 Å². The molecule has 6 aromatic rings. The van der Waals surface area contributed by atoms with Crippen LogP contribution in [0.15, 0.2) is 182 Å². The van der Waals surface area contributed by atoms with Crippen molar-refractivity contribution in [3.8, 4) is 0 Å². The average molecular weight is 965 g/mol. The van der Waals surface area contributed by atoms with E-state index < -0.39 is 0 Å². The summed E-state index contributed by atoms with van der Waals surface area (Å²) in [6.45, 7) is 13.0. The Hall–Kier alpha value is -5.13. The molecule has 2 amide bonds. The fourth-order valence-corrected chi connectivity index (χ4v) is 9.25. The maximum Gasteiger partial charge on any atom is 1.00 e. The minimum atomic E-state index is 0. The maximum atomic E-state index is 13.1. The Labute approximate surface area is 449 Å². The van der Waals surface area contributed by atoms with Crippen LogP contribution in [0.1, 0.15) is 36.5 Å². The van der Waals surface area contributed by atoms with E-state index in [1.807, 2.05) is 101 Å². The van der Waals surface area contributed by atoms with Gasteiger partial charge < -0.3 is 36.4 Å². The van der Waals surface area contributed by atoms with Crippen molar-refractivity contribution in [3.05, 3.63) is 204 Å². The van der Waals surface area contributed by atoms with E-state index in [2.05, 4.69) is 111 Å². The van der Waals surface area contributed by atoms with Gasteiger partial charge >= 0.3 is 18.9 Å². The van der Waals surface area contributed by atoms with Crippen molar-refractivity contribution in [1.82, 2.24) is 19.6 Å². The zero-order valence-electron chi connectivity index (χ0n) is 42.6. The normalized spacial score (nSPS) is 15.5. The summed E-state index contributed by atoms with van der Waals surface area (Å²) in [4.78, 5) is 35.4. The van der Waals surface area contributed by atoms with Crippen molar-refractivity contribution in [2.75, 3.05) is 102 Å². The first-order valence-corrected chi connectivity index (χ1v) is 25.3. The molecule has 370 valence electrons. The molecule has 0 spiro atoms. The monoisotopic (exact) mass is 965 g/mol. The second-order valence-corrected chi connectivity index (χ2v) is 18.6. The largest absolute Gasteiger partial charge is 1.00 e. The molecule has 0 aliphatic carbocycles. The van der Waals surface area contributed by atoms with E-state index in [-0.39, 0.29) is 55.4 Å². The van der Waals surface area contributed by atoms with Crippen molar-refractivity contribution in [2.24, 2.45) is 11.8 Å². The maximum absolute atomic E-state index is 13.1. The molecule has 71 heavy (non-hydrogen) atoms. The summed E-state index contributed by atoms with van der Waals surface area (Å²) in [6.07, 6.45) is 5.59. The van der Waals surface area contributed by atoms with Crippen molar-refractivity contribution in [1.29, 1.82) is 0 Å². The fourth-order valence-electron chi connectivity index (χ4n) is 9.25. The summed E-state index contributed by atoms with van der Waals surface area (Å²) in [5.41, 5.74) is 7.17. The number of hydrogen-bond acceptors (Lipinski definition) is 7. The number of amides is 2. The van der Waals surface area contributed by atoms with E-state index in [1.165, 1.54) is 29.7 Å². The molecule has 0 atom stereocenters. The number of anilines is 2. The molecule has 3 aliphatic rings. The van der Waals surface area contributed by atoms with Gasteiger partial charge in [0.15, 0.2) is 17.4 Å². The third-order valence-electron chi connectivity index (χ3n) is 13.1. The summed E-state index contributed by atoms with van der Waals surface area (Å²) in [6, 6.07) is 62.2. The summed E-state index contributed by atoms with van der Waals surface area (Å²) in [5, 5.41) is 7.16. The Bertz CT molecular complexity index is 2200. The Morgan fingerprint density at radius 2 is 0.775 bits per heavy atom. The van der Waals surface area contributed by atoms with Gasteiger partial charge in [-0.2, -0.15) is 0 Å². The predicted octanol–water partition coefficient (Wildman–Crippen LogP) is 5.42. The van der Waals surface area contributed by atoms with Gasteiger partial charge in [0.05, 0.1) is 12.8 Å². The van der Waals surface area contributed by atoms with Crippen molar-refractivity contribution in [3.63, 3.8) is 0 Å². The molecule has 0 saturated carbocycles. The molecule has 0 unspecified atom stereocenters. The zero-order valence-corrected chi connectivity index (χ0v) is 41.6. The van der Waals surface area contributed by atoms with Gasteiger partial charge in [0.1, 0.15) is 0 Å². The van der Waals surface area contributed by atoms with Crippen LogP contribution < -0.4 is 29.5 Å². The van der Waals surface area contributed by atoms with Gasteiger partial charge in [0.25, 0.3) is 0 Å². The van der Waals surface area contributed by atoms with E-state index in [0.717, 1.165) is 88.7 Å². The van der Waals surface area contributed by atoms with E-state index in [9.17, 15) is 9.59 Å². The first kappa shape index (κ1) is 56.8. The zero-order chi connectivity index (χ0) is 47.6. The first-order valence-electron chi connectivity index (χ1n) is 25.3. The van der Waals surface area contributed by atoms with E-state index in [4.69, 9.17) is 4.74 Å². The number of benzene rings is 6. The molecule has 3 saturated heterocycles. The summed E-state index contributed by atoms with van der Waals surface area (Å²) < 4.78 is 4.94. The molecule has 6 aromatic carbocycles. The van der Waals surface area contributed by atoms with Crippen LogP contribution in [0, 0.1) is 11.8 Å². The number of rotatable bonds is 16. The van der Waals surface area contributed by atoms with Crippen LogP contribution in [-0.4, -0.2) is 141 Å². The molecule has 0 aromatic heterocycles. The molecule has 0 bridgehead atoms. The Morgan fingerprint density at radius 3 is 1.11 bits per heavy atom. The molecule has 9 nitrogen and oxygen atoms in total. The number of nitrogens with zero attached hydrogens (tertiary/aromatic N) is 4. The van der Waals surface area contributed by atoms with Gasteiger partial charge in [0, 0.05) is 115 Å². The quantitative estimate of drug-likeness (QED) is 0.126. The molecule has 9 rings (SSSR count). The smallest absolute Gasteiger partial charge is 1.00 e. The Kier molecular flexibility index (Phi) is 26.2. The Balaban J connectivity index is 0.000000274. The number of nitrogens with one attached hydrogen (secondary N) is 2. The summed E-state index contributed by atoms with van der Waals surface area (Å²) in [5.74, 6) is 0.993. The van der Waals surface area contributed by atoms with Gasteiger partial charge in [-0.25, -0.2) is 0 Å². The van der Waals surface area contributed by atoms with Crippen LogP contribution in [0.4, 0.5) is 11.4 Å². The van der Waals surface area contributed by atoms with Crippen molar-refractivity contribution >= 4 is 40.6 Å². The van der Waals surface area contributed by atoms with E-state index in [1.54, 1.807) is 0 Å². The molecule has 0 radical (unpaired) electrons. The van der Waals surface area contributed by atoms with E-state index in [0.29, 0.717) is 51.5 Å². The van der Waals surface area contributed by atoms with Crippen LogP contribution in [0.3, 0.4) is 0 Å². The summed E-state index contributed by atoms with van der Waals surface area (Å²) >= 11 is 0. The van der Waals surface area contributed by atoms with Gasteiger partial charge in [0.2, 0.25) is 11.8 Å². The molecular weight excluding hydrogens is 887 g/mol. The molecule has 3 aliphatic heterocycles. The third kappa shape index (κ3) is 21.2. The Morgan fingerprint density at radius 1 is 0.451 bits per heavy atom. The fraction of sp³-hybridized carbons (Fsp3) is 0.367. The van der Waals surface area contributed by atoms with E-state index >= 15 is 0 Å². The molecular formula is C60H78AlLiN6O3. The standard InChI is InChI=1S/C28H31N3O2.C28H35N3.C4H8O.Al.Li.4H/c32-27(18-23-10-4-1-5-11-23)30-16-17-31(28(33)19-24-12-6-2-7-13-24)22-25(21-30)20-29-26-14-8-3-9-15-26;1-4-10-25(11-5-1)16-18-30-20-21-31(19-17-26-12-6-2-7-13-26)24-27(23-30)22-29-28-14-8-3-9-15-28;1-2-4-5-3-1;;;;;;/h1-15,25,29H,16-22H2;1-15,27,29H,16-24H2;1-4H2;;;;;;/q;;;;+1;;;;-1. The average Bonchev–Trinajstić information content (AvgIpc) is 3.84. The van der Waals surface area contributed by atoms with Gasteiger partial charge in [-0.05, 0) is 72.2 Å². The SMILES string of the molecule is C1CCOC1.O=C(Cc1ccccc1)N1CCN(C(=O)Cc2ccccc2)CC(CNc2ccccc2)C1.[AlH3].[H-].[Li+].c1ccc(CCN2CCN(CCc3ccccc3)CC(CNc3ccccc3)C2)cc1. The van der Waals surface area contributed by atoms with Crippen molar-refractivity contribution < 1.29 is 34.6 Å². The van der Waals surface area contributed by atoms with Crippen LogP contribution in [0.2, 0.25) is 0 Å². The van der Waals surface area contributed by atoms with Crippen LogP contribution in [-0.2, 0) is 40.0 Å². The van der Waals surface area contributed by atoms with Gasteiger partial charge in [-0.15, -0.1) is 0 Å². The number of para-hydroxylation sites is 2. The topological polar surface area (TPSA) is 80.4 Å². The minimum absolute atomic E-state index is 0. The van der Waals surface area contributed by atoms with Crippen molar-refractivity contribution in [2.45, 2.75) is 38.5 Å². The minimum Gasteiger partial charge on any atom is -1.00 e. The number of carbonyl (C=O) groups is 2. The number of carbonyl (C=O) groups excluding carboxylic acids is 2. The van der Waals surface area contributed by atoms with Crippen LogP contribution in [0.25, 0.3) is 0 Å². The number of hydrogen-bond donors (Lipinski definition) is 2. The second kappa shape index (κ2) is 32.8. The molecule has 3 fully saturated rings. The molecule has 3 heterocycles. The van der Waals surface area contributed by atoms with Crippen LogP contribution >= 0.6 is 0 Å². The molecule has 11 heteroatoms. The number of ether oxygens (including phenoxy) is 1. The third-order valence-corrected chi connectivity index (χ3v) is 13.1.